The predicted molar refractivity (Wildman–Crippen MR) is 544 cm³/mol. The second-order valence-electron chi connectivity index (χ2n) is 28.7. The summed E-state index contributed by atoms with van der Waals surface area (Å²) in [5.41, 5.74) is 28.0. The number of phenolic OH excluding ortho intramolecular Hbond substituents is 2. The van der Waals surface area contributed by atoms with E-state index in [1.54, 1.807) is 126 Å². The number of phenols is 2. The van der Waals surface area contributed by atoms with E-state index in [1.165, 1.54) is 64.2 Å². The number of hydrogen-bond acceptors (Lipinski definition) is 18. The van der Waals surface area contributed by atoms with Gasteiger partial charge in [-0.2, -0.15) is 0 Å². The van der Waals surface area contributed by atoms with Gasteiger partial charge in [-0.3, -0.25) is 9.59 Å². The number of fused-ring (bicyclic) bond motifs is 3. The number of unbranched alkanes of at least 4 members (excludes halogenated alkanes) is 10. The van der Waals surface area contributed by atoms with Crippen molar-refractivity contribution in [1.82, 2.24) is 29.9 Å². The molecule has 127 heavy (non-hydrogen) atoms. The predicted octanol–water partition coefficient (Wildman–Crippen LogP) is 30.2. The molecule has 0 amide bonds. The fourth-order valence-electron chi connectivity index (χ4n) is 13.1. The molecule has 6 N–H and O–H groups in total. The molecule has 0 radical (unpaired) electrons. The second kappa shape index (κ2) is 49.4. The van der Waals surface area contributed by atoms with Gasteiger partial charge in [0.2, 0.25) is 11.6 Å². The highest BCUT2D eigenvalue weighted by Gasteiger charge is 2.23. The van der Waals surface area contributed by atoms with Crippen LogP contribution in [0.1, 0.15) is 119 Å². The second-order valence-corrected chi connectivity index (χ2v) is 35.6. The molecule has 3 heterocycles. The van der Waals surface area contributed by atoms with E-state index in [2.05, 4.69) is 166 Å². The number of carbonyl (C=O) groups is 2. The molecule has 26 heteroatoms. The molecule has 0 saturated heterocycles. The third-order valence-corrected chi connectivity index (χ3v) is 25.3. The number of nitrogens with two attached hydrogens (primary N) is 2. The molecule has 656 valence electrons. The molecular weight excluding hydrogens is 2120 g/mol. The molecule has 0 atom stereocenters. The van der Waals surface area contributed by atoms with Crippen molar-refractivity contribution in [3.05, 3.63) is 290 Å². The van der Waals surface area contributed by atoms with E-state index in [9.17, 15) is 19.8 Å². The summed E-state index contributed by atoms with van der Waals surface area (Å²) in [6, 6.07) is 74.2. The number of carbonyl (C=O) groups excluding carboxylic acids is 2. The van der Waals surface area contributed by atoms with Gasteiger partial charge in [0.1, 0.15) is 79.1 Å². The van der Waals surface area contributed by atoms with Crippen molar-refractivity contribution in [2.45, 2.75) is 98.3 Å². The molecule has 0 aliphatic rings. The molecule has 0 spiro atoms. The number of hydrogen-bond donors (Lipinski definition) is 4. The number of anilines is 2. The van der Waals surface area contributed by atoms with Crippen LogP contribution in [0, 0.1) is 0 Å². The SMILES string of the molecule is C.CCCCCCCCOc1ccc(-c2nc3c(Br)ccc(Br)c3nc2-c2ccc(OCCCCCCCC)cc2)cc1.COc1ccc(-c2nc3c(Br)ccc(Br)c3nc2-c2ccc(OC)cc2)cc1.COc1ccc(C(=O)C(=O)c2ccc(OC)cc2)cc1.Nc1c(Br)ccc(Br)c1N.Oc1ccc(-c2nc3c(Br)ccc(Br)c3nc2-c2ccc(O)cc2)cc1. The van der Waals surface area contributed by atoms with Crippen molar-refractivity contribution in [3.8, 4) is 114 Å². The van der Waals surface area contributed by atoms with Crippen LogP contribution < -0.4 is 39.9 Å². The molecule has 0 fully saturated rings. The number of halogens is 8. The Hall–Kier alpha value is -10.2. The summed E-state index contributed by atoms with van der Waals surface area (Å²) in [4.78, 5) is 54.0. The quantitative estimate of drug-likeness (QED) is 0.0147. The smallest absolute Gasteiger partial charge is 0.233 e. The topological polar surface area (TPSA) is 259 Å². The zero-order chi connectivity index (χ0) is 89.8. The molecule has 3 aromatic heterocycles. The number of rotatable bonds is 29. The van der Waals surface area contributed by atoms with Gasteiger partial charge in [0.25, 0.3) is 0 Å². The Morgan fingerprint density at radius 2 is 0.457 bits per heavy atom. The van der Waals surface area contributed by atoms with Crippen LogP contribution in [0.3, 0.4) is 0 Å². The highest BCUT2D eigenvalue weighted by Crippen LogP contribution is 2.42. The van der Waals surface area contributed by atoms with Gasteiger partial charge in [-0.05, 0) is 383 Å². The number of aromatic nitrogens is 6. The van der Waals surface area contributed by atoms with Crippen molar-refractivity contribution in [1.29, 1.82) is 0 Å². The summed E-state index contributed by atoms with van der Waals surface area (Å²) >= 11 is 28.2. The molecule has 15 aromatic rings. The summed E-state index contributed by atoms with van der Waals surface area (Å²) < 4.78 is 39.6. The fraction of sp³-hybridized carbons (Fsp3) is 0.208. The Balaban J connectivity index is 0.000000175. The molecule has 18 nitrogen and oxygen atoms in total. The van der Waals surface area contributed by atoms with Crippen LogP contribution in [-0.4, -0.2) is 93.3 Å². The first-order chi connectivity index (χ1) is 61.0. The third-order valence-electron chi connectivity index (χ3n) is 20.1. The monoisotopic (exact) mass is 2210 g/mol. The van der Waals surface area contributed by atoms with Crippen LogP contribution in [0.4, 0.5) is 11.4 Å². The van der Waals surface area contributed by atoms with E-state index in [0.717, 1.165) is 174 Å². The first kappa shape index (κ1) is 99.0. The van der Waals surface area contributed by atoms with E-state index >= 15 is 0 Å². The number of methoxy groups -OCH3 is 4. The number of aromatic hydroxyl groups is 2. The summed E-state index contributed by atoms with van der Waals surface area (Å²) in [5.74, 6) is 3.94. The molecule has 0 saturated carbocycles. The van der Waals surface area contributed by atoms with Crippen molar-refractivity contribution in [2.24, 2.45) is 0 Å². The summed E-state index contributed by atoms with van der Waals surface area (Å²) in [6.07, 6.45) is 15.1. The first-order valence-corrected chi connectivity index (χ1v) is 47.0. The first-order valence-electron chi connectivity index (χ1n) is 40.7. The van der Waals surface area contributed by atoms with Gasteiger partial charge in [-0.1, -0.05) is 85.5 Å². The minimum Gasteiger partial charge on any atom is -0.508 e. The van der Waals surface area contributed by atoms with Gasteiger partial charge in [0, 0.05) is 80.3 Å². The summed E-state index contributed by atoms with van der Waals surface area (Å²) in [6.45, 7) is 6.00. The maximum absolute atomic E-state index is 12.1. The largest absolute Gasteiger partial charge is 0.508 e. The van der Waals surface area contributed by atoms with E-state index in [1.807, 2.05) is 121 Å². The number of nitrogens with zero attached hydrogens (tertiary/aromatic N) is 6. The van der Waals surface area contributed by atoms with E-state index in [4.69, 9.17) is 69.8 Å². The van der Waals surface area contributed by atoms with Gasteiger partial charge in [0.15, 0.2) is 0 Å². The van der Waals surface area contributed by atoms with Gasteiger partial charge in [0.05, 0.1) is 87.2 Å². The molecular formula is C101H96Br8N8O10. The molecule has 0 bridgehead atoms. The van der Waals surface area contributed by atoms with Crippen LogP contribution in [0.15, 0.2) is 278 Å². The summed E-state index contributed by atoms with van der Waals surface area (Å²) in [5, 5.41) is 19.2. The van der Waals surface area contributed by atoms with E-state index in [-0.39, 0.29) is 18.9 Å². The van der Waals surface area contributed by atoms with E-state index < -0.39 is 11.6 Å². The number of nitrogen functional groups attached to an aromatic ring is 2. The lowest BCUT2D eigenvalue weighted by Gasteiger charge is -2.14. The van der Waals surface area contributed by atoms with Gasteiger partial charge in [-0.25, -0.2) is 29.9 Å². The van der Waals surface area contributed by atoms with Crippen molar-refractivity contribution in [3.63, 3.8) is 0 Å². The average Bonchev–Trinajstić information content (AvgIpc) is 0.774. The normalized spacial score (nSPS) is 10.7. The lowest BCUT2D eigenvalue weighted by molar-refractivity contribution is 0.0817. The lowest BCUT2D eigenvalue weighted by Crippen LogP contribution is -2.14. The number of ketones is 2. The minimum atomic E-state index is -0.544. The van der Waals surface area contributed by atoms with Crippen LogP contribution >= 0.6 is 127 Å². The number of Topliss-reactive ketones (excluding diaryl/α,β-unsaturated/α-hetero) is 2. The average molecular weight is 2220 g/mol. The van der Waals surface area contributed by atoms with Gasteiger partial charge < -0.3 is 50.1 Å². The Bertz CT molecular complexity index is 5800. The van der Waals surface area contributed by atoms with Crippen LogP contribution in [0.2, 0.25) is 0 Å². The highest BCUT2D eigenvalue weighted by atomic mass is 79.9. The Labute approximate surface area is 808 Å². The Morgan fingerprint density at radius 1 is 0.268 bits per heavy atom. The number of benzene rings is 12. The third kappa shape index (κ3) is 27.0. The molecule has 0 aliphatic heterocycles. The standard InChI is InChI=1S/C36H44Br2N2O2.C22H16Br2N2O2.C20H12Br2N2O2.C16H14O4.C6H6Br2N2.CH4/c1-3-5-7-9-11-13-25-41-29-19-15-27(16-20-29)33-34(40-36-32(38)24-23-31(37)35(36)39-33)28-17-21-30(22-18-28)42-26-14-12-10-8-6-4-2;1-27-15-7-3-13(4-8-15)19-20(14-5-9-16(28-2)10-6-14)26-22-18(24)12-11-17(23)21(22)25-19;21-15-9-10-16(22)20-19(15)23-17(11-1-5-13(25)6-2-11)18(24-20)12-3-7-14(26)8-4-12;1-19-13-7-3-11(4-8-13)15(17)16(18)12-5-9-14(20-2)10-6-12;7-3-1-2-4(8)6(10)5(3)9;/h15-24H,3-14,25-26H2,1-2H3;3-12H,1-2H3;1-10,25-26H;3-10H,1-2H3;1-2H,9-10H2;1H4. The van der Waals surface area contributed by atoms with Crippen molar-refractivity contribution in [2.75, 3.05) is 53.1 Å². The maximum atomic E-state index is 12.1. The van der Waals surface area contributed by atoms with Crippen LogP contribution in [0.25, 0.3) is 101 Å². The van der Waals surface area contributed by atoms with Gasteiger partial charge >= 0.3 is 0 Å². The number of ether oxygens (including phenoxy) is 6. The minimum absolute atomic E-state index is 0. The fourth-order valence-corrected chi connectivity index (χ4v) is 16.2. The Morgan fingerprint density at radius 3 is 0.677 bits per heavy atom. The van der Waals surface area contributed by atoms with Crippen molar-refractivity contribution >= 4 is 183 Å². The lowest BCUT2D eigenvalue weighted by atomic mass is 10.0. The van der Waals surface area contributed by atoms with Crippen molar-refractivity contribution < 1.29 is 48.2 Å². The van der Waals surface area contributed by atoms with Crippen LogP contribution in [0.5, 0.6) is 46.0 Å². The molecule has 0 unspecified atom stereocenters. The zero-order valence-electron chi connectivity index (χ0n) is 70.0. The van der Waals surface area contributed by atoms with E-state index in [0.29, 0.717) is 45.4 Å². The Kier molecular flexibility index (Phi) is 38.5. The van der Waals surface area contributed by atoms with Crippen LogP contribution in [-0.2, 0) is 0 Å². The highest BCUT2D eigenvalue weighted by molar-refractivity contribution is 9.12. The molecule has 12 aromatic carbocycles. The van der Waals surface area contributed by atoms with Gasteiger partial charge in [-0.15, -0.1) is 0 Å². The summed E-state index contributed by atoms with van der Waals surface area (Å²) in [7, 11) is 6.39. The maximum Gasteiger partial charge on any atom is 0.233 e. The molecule has 0 aliphatic carbocycles. The zero-order valence-corrected chi connectivity index (χ0v) is 82.7. The molecule has 15 rings (SSSR count).